The largest absolute Gasteiger partial charge is 0.325 e. The van der Waals surface area contributed by atoms with E-state index in [1.165, 1.54) is 22.3 Å². The molecule has 4 rings (SSSR count). The number of nitrogens with zero attached hydrogens (tertiary/aromatic N) is 1. The molecule has 1 nitrogen and oxygen atoms in total. The van der Waals surface area contributed by atoms with Crippen LogP contribution in [-0.2, 0) is 31.1 Å². The van der Waals surface area contributed by atoms with Crippen LogP contribution in [-0.4, -0.2) is 5.71 Å². The van der Waals surface area contributed by atoms with E-state index in [4.69, 9.17) is 4.99 Å². The Kier molecular flexibility index (Phi) is 5.25. The first kappa shape index (κ1) is 19.7. The van der Waals surface area contributed by atoms with Crippen molar-refractivity contribution in [2.45, 2.75) is 38.6 Å². The van der Waals surface area contributed by atoms with Crippen molar-refractivity contribution in [2.75, 3.05) is 0 Å². The van der Waals surface area contributed by atoms with Gasteiger partial charge in [-0.2, -0.15) is 0 Å². The molecule has 0 aromatic heterocycles. The Hall–Kier alpha value is -2.02. The van der Waals surface area contributed by atoms with Crippen LogP contribution in [0.2, 0.25) is 0 Å². The number of benzene rings is 3. The van der Waals surface area contributed by atoms with Gasteiger partial charge in [-0.25, -0.2) is 0 Å². The molecule has 0 N–H and O–H groups in total. The Morgan fingerprint density at radius 3 is 1.89 bits per heavy atom. The third kappa shape index (κ3) is 3.33. The van der Waals surface area contributed by atoms with Crippen LogP contribution in [0.5, 0.6) is 0 Å². The summed E-state index contributed by atoms with van der Waals surface area (Å²) in [5.74, 6) is 0. The molecule has 1 aliphatic heterocycles. The first-order chi connectivity index (χ1) is 12.4. The Bertz CT molecular complexity index is 984. The van der Waals surface area contributed by atoms with E-state index in [1.807, 2.05) is 12.1 Å². The minimum atomic E-state index is -0.319. The smallest absolute Gasteiger partial charge is 0.0704 e. The summed E-state index contributed by atoms with van der Waals surface area (Å²) in [5, 5.41) is 0. The zero-order valence-corrected chi connectivity index (χ0v) is 18.6. The predicted octanol–water partition coefficient (Wildman–Crippen LogP) is 6.17. The molecule has 0 atom stereocenters. The van der Waals surface area contributed by atoms with Gasteiger partial charge in [0.1, 0.15) is 0 Å². The minimum absolute atomic E-state index is 0. The molecule has 1 radical (unpaired) electrons. The van der Waals surface area contributed by atoms with E-state index in [2.05, 4.69) is 94.4 Å². The van der Waals surface area contributed by atoms with Gasteiger partial charge in [-0.1, -0.05) is 62.4 Å². The van der Waals surface area contributed by atoms with E-state index >= 15 is 0 Å². The van der Waals surface area contributed by atoms with Crippen molar-refractivity contribution in [1.82, 2.24) is 0 Å². The quantitative estimate of drug-likeness (QED) is 0.334. The van der Waals surface area contributed by atoms with Crippen molar-refractivity contribution in [3.8, 4) is 11.1 Å². The molecule has 0 saturated heterocycles. The first-order valence-corrected chi connectivity index (χ1v) is 9.18. The number of aliphatic imine (C=N–C) groups is 1. The maximum atomic E-state index is 5.32. The van der Waals surface area contributed by atoms with Gasteiger partial charge in [0.05, 0.1) is 5.54 Å². The molecule has 0 amide bonds. The maximum Gasteiger partial charge on any atom is 0.0704 e. The molecular formula is C25H24IrN-. The van der Waals surface area contributed by atoms with Crippen molar-refractivity contribution >= 4 is 5.71 Å². The van der Waals surface area contributed by atoms with Crippen molar-refractivity contribution in [1.29, 1.82) is 0 Å². The number of hydrogen-bond acceptors (Lipinski definition) is 1. The van der Waals surface area contributed by atoms with E-state index in [0.717, 1.165) is 11.3 Å². The van der Waals surface area contributed by atoms with Gasteiger partial charge in [0.15, 0.2) is 0 Å². The van der Waals surface area contributed by atoms with Gasteiger partial charge in [0.25, 0.3) is 0 Å². The minimum Gasteiger partial charge on any atom is -0.325 e. The van der Waals surface area contributed by atoms with Crippen LogP contribution in [0, 0.1) is 6.07 Å². The van der Waals surface area contributed by atoms with Crippen LogP contribution in [0.3, 0.4) is 0 Å². The van der Waals surface area contributed by atoms with Gasteiger partial charge >= 0.3 is 0 Å². The fourth-order valence-electron chi connectivity index (χ4n) is 4.06. The molecule has 0 bridgehead atoms. The summed E-state index contributed by atoms with van der Waals surface area (Å²) in [7, 11) is 0. The summed E-state index contributed by atoms with van der Waals surface area (Å²) >= 11 is 0. The van der Waals surface area contributed by atoms with Crippen LogP contribution < -0.4 is 0 Å². The second-order valence-electron chi connectivity index (χ2n) is 8.01. The summed E-state index contributed by atoms with van der Waals surface area (Å²) in [6.07, 6.45) is 0. The van der Waals surface area contributed by atoms with Crippen LogP contribution in [0.4, 0.5) is 0 Å². The van der Waals surface area contributed by atoms with Gasteiger partial charge in [0.2, 0.25) is 0 Å². The maximum absolute atomic E-state index is 5.32. The van der Waals surface area contributed by atoms with Crippen molar-refractivity contribution in [2.24, 2.45) is 4.99 Å². The van der Waals surface area contributed by atoms with E-state index in [0.29, 0.717) is 0 Å². The van der Waals surface area contributed by atoms with Gasteiger partial charge in [-0.05, 0) is 47.2 Å². The van der Waals surface area contributed by atoms with Crippen LogP contribution in [0.1, 0.15) is 44.4 Å². The predicted molar refractivity (Wildman–Crippen MR) is 110 cm³/mol. The van der Waals surface area contributed by atoms with E-state index < -0.39 is 0 Å². The summed E-state index contributed by atoms with van der Waals surface area (Å²) in [6, 6.07) is 29.0. The Labute approximate surface area is 175 Å². The average molecular weight is 531 g/mol. The Morgan fingerprint density at radius 1 is 0.704 bits per heavy atom. The molecule has 3 aromatic rings. The van der Waals surface area contributed by atoms with Gasteiger partial charge in [0, 0.05) is 20.1 Å². The topological polar surface area (TPSA) is 12.4 Å². The van der Waals surface area contributed by atoms with Gasteiger partial charge in [-0.15, -0.1) is 35.9 Å². The average Bonchev–Trinajstić information content (AvgIpc) is 2.66. The second-order valence-corrected chi connectivity index (χ2v) is 8.01. The third-order valence-electron chi connectivity index (χ3n) is 5.42. The molecule has 0 unspecified atom stereocenters. The molecule has 2 heteroatoms. The number of hydrogen-bond donors (Lipinski definition) is 0. The van der Waals surface area contributed by atoms with Crippen molar-refractivity contribution in [3.63, 3.8) is 0 Å². The Balaban J connectivity index is 0.00000210. The van der Waals surface area contributed by atoms with Crippen molar-refractivity contribution < 1.29 is 20.1 Å². The van der Waals surface area contributed by atoms with E-state index in [1.54, 1.807) is 0 Å². The van der Waals surface area contributed by atoms with Gasteiger partial charge in [-0.3, -0.25) is 0 Å². The van der Waals surface area contributed by atoms with Crippen molar-refractivity contribution in [3.05, 3.63) is 95.6 Å². The summed E-state index contributed by atoms with van der Waals surface area (Å²) in [6.45, 7) is 8.96. The first-order valence-electron chi connectivity index (χ1n) is 9.18. The fraction of sp³-hybridized carbons (Fsp3) is 0.240. The summed E-state index contributed by atoms with van der Waals surface area (Å²) in [5.41, 5.74) is 6.75. The SMILES string of the molecule is CC1(C)N=C(c2[c-]cccc2)C(C)(C)c2ccccc2-c2ccccc21.[Ir]. The number of rotatable bonds is 1. The van der Waals surface area contributed by atoms with E-state index in [-0.39, 0.29) is 31.1 Å². The third-order valence-corrected chi connectivity index (χ3v) is 5.42. The number of fused-ring (bicyclic) bond motifs is 3. The normalized spacial score (nSPS) is 16.7. The molecule has 1 heterocycles. The summed E-state index contributed by atoms with van der Waals surface area (Å²) < 4.78 is 0. The molecule has 0 spiro atoms. The van der Waals surface area contributed by atoms with Crippen LogP contribution in [0.25, 0.3) is 11.1 Å². The summed E-state index contributed by atoms with van der Waals surface area (Å²) in [4.78, 5) is 5.32. The molecule has 1 aliphatic rings. The standard InChI is InChI=1S/C25H24N.Ir/c1-24(2)21-16-10-8-14-19(21)20-15-9-11-17-22(20)25(3,4)26-23(24)18-12-6-5-7-13-18;/h5-12,14-17H,1-4H3;/q-1;. The molecule has 0 saturated carbocycles. The van der Waals surface area contributed by atoms with Gasteiger partial charge < -0.3 is 4.99 Å². The van der Waals surface area contributed by atoms with Crippen LogP contribution >= 0.6 is 0 Å². The molecule has 0 aliphatic carbocycles. The zero-order valence-electron chi connectivity index (χ0n) is 16.2. The van der Waals surface area contributed by atoms with Crippen LogP contribution in [0.15, 0.2) is 77.8 Å². The molecule has 0 fully saturated rings. The van der Waals surface area contributed by atoms with E-state index in [9.17, 15) is 0 Å². The Morgan fingerprint density at radius 2 is 1.26 bits per heavy atom. The fourth-order valence-corrected chi connectivity index (χ4v) is 4.06. The molecule has 27 heavy (non-hydrogen) atoms. The monoisotopic (exact) mass is 531 g/mol. The zero-order chi connectivity index (χ0) is 18.4. The molecule has 3 aromatic carbocycles. The molecule has 139 valence electrons. The molecular weight excluding hydrogens is 506 g/mol. The second kappa shape index (κ2) is 7.19.